The zero-order valence-corrected chi connectivity index (χ0v) is 12.4. The number of non-ortho nitro benzene ring substituents is 1. The summed E-state index contributed by atoms with van der Waals surface area (Å²) in [5.74, 6) is -0.535. The molecule has 5 heteroatoms. The van der Waals surface area contributed by atoms with E-state index in [2.05, 4.69) is 0 Å². The number of hydrogen-bond donors (Lipinski definition) is 0. The summed E-state index contributed by atoms with van der Waals surface area (Å²) in [5, 5.41) is 10.5. The van der Waals surface area contributed by atoms with Crippen LogP contribution in [0.4, 0.5) is 5.69 Å². The number of nitro groups is 1. The highest BCUT2D eigenvalue weighted by atomic mass is 16.7. The highest BCUT2D eigenvalue weighted by Gasteiger charge is 2.24. The van der Waals surface area contributed by atoms with Crippen LogP contribution in [0.1, 0.15) is 33.3 Å². The maximum atomic E-state index is 10.5. The smallest absolute Gasteiger partial charge is 0.269 e. The zero-order chi connectivity index (χ0) is 15.2. The SMILES string of the molecule is CC.CC1(C)OCC(=Cc2ccc([N+](=O)[O-])cc2)CO1. The Kier molecular flexibility index (Phi) is 5.85. The Morgan fingerprint density at radius 2 is 1.65 bits per heavy atom. The van der Waals surface area contributed by atoms with E-state index in [0.29, 0.717) is 13.2 Å². The molecule has 1 fully saturated rings. The molecule has 1 aliphatic heterocycles. The number of ether oxygens (including phenoxy) is 2. The van der Waals surface area contributed by atoms with Gasteiger partial charge in [0.05, 0.1) is 18.1 Å². The van der Waals surface area contributed by atoms with Gasteiger partial charge >= 0.3 is 0 Å². The summed E-state index contributed by atoms with van der Waals surface area (Å²) in [6.07, 6.45) is 1.93. The Bertz CT molecular complexity index is 465. The van der Waals surface area contributed by atoms with Gasteiger partial charge in [-0.25, -0.2) is 0 Å². The minimum atomic E-state index is -0.535. The minimum Gasteiger partial charge on any atom is -0.346 e. The van der Waals surface area contributed by atoms with Crippen molar-refractivity contribution in [2.45, 2.75) is 33.5 Å². The van der Waals surface area contributed by atoms with Gasteiger partial charge < -0.3 is 9.47 Å². The van der Waals surface area contributed by atoms with E-state index in [1.165, 1.54) is 12.1 Å². The number of nitrogens with zero attached hydrogens (tertiary/aromatic N) is 1. The van der Waals surface area contributed by atoms with Crippen molar-refractivity contribution in [2.24, 2.45) is 0 Å². The van der Waals surface area contributed by atoms with E-state index in [9.17, 15) is 10.1 Å². The lowest BCUT2D eigenvalue weighted by atomic mass is 10.1. The maximum Gasteiger partial charge on any atom is 0.269 e. The van der Waals surface area contributed by atoms with Gasteiger partial charge in [-0.05, 0) is 37.1 Å². The molecule has 0 N–H and O–H groups in total. The van der Waals surface area contributed by atoms with Gasteiger partial charge in [-0.3, -0.25) is 10.1 Å². The van der Waals surface area contributed by atoms with Crippen molar-refractivity contribution < 1.29 is 14.4 Å². The third-order valence-electron chi connectivity index (χ3n) is 2.69. The van der Waals surface area contributed by atoms with Crippen LogP contribution in [-0.4, -0.2) is 23.9 Å². The predicted molar refractivity (Wildman–Crippen MR) is 78.4 cm³/mol. The molecule has 20 heavy (non-hydrogen) atoms. The van der Waals surface area contributed by atoms with E-state index in [-0.39, 0.29) is 5.69 Å². The molecule has 1 aliphatic rings. The quantitative estimate of drug-likeness (QED) is 0.610. The maximum absolute atomic E-state index is 10.5. The van der Waals surface area contributed by atoms with Crippen LogP contribution in [0.15, 0.2) is 29.8 Å². The van der Waals surface area contributed by atoms with Gasteiger partial charge in [0.1, 0.15) is 0 Å². The van der Waals surface area contributed by atoms with Crippen molar-refractivity contribution in [3.63, 3.8) is 0 Å². The molecule has 0 atom stereocenters. The molecule has 110 valence electrons. The molecule has 5 nitrogen and oxygen atoms in total. The lowest BCUT2D eigenvalue weighted by Crippen LogP contribution is -2.35. The molecule has 0 unspecified atom stereocenters. The summed E-state index contributed by atoms with van der Waals surface area (Å²) in [7, 11) is 0. The molecule has 2 rings (SSSR count). The van der Waals surface area contributed by atoms with Crippen LogP contribution in [0.25, 0.3) is 6.08 Å². The molecule has 0 radical (unpaired) electrons. The average Bonchev–Trinajstić information content (AvgIpc) is 2.44. The third kappa shape index (κ3) is 4.75. The first-order valence-corrected chi connectivity index (χ1v) is 6.68. The van der Waals surface area contributed by atoms with E-state index < -0.39 is 10.7 Å². The highest BCUT2D eigenvalue weighted by Crippen LogP contribution is 2.22. The van der Waals surface area contributed by atoms with Gasteiger partial charge in [-0.15, -0.1) is 0 Å². The van der Waals surface area contributed by atoms with Crippen LogP contribution < -0.4 is 0 Å². The Morgan fingerprint density at radius 1 is 1.15 bits per heavy atom. The number of rotatable bonds is 2. The summed E-state index contributed by atoms with van der Waals surface area (Å²) in [6, 6.07) is 6.40. The summed E-state index contributed by atoms with van der Waals surface area (Å²) in [5.41, 5.74) is 2.01. The molecule has 0 aromatic heterocycles. The molecular formula is C15H21NO4. The Morgan fingerprint density at radius 3 is 2.10 bits per heavy atom. The molecule has 1 aromatic carbocycles. The molecule has 0 bridgehead atoms. The Labute approximate surface area is 119 Å². The summed E-state index contributed by atoms with van der Waals surface area (Å²) < 4.78 is 11.0. The van der Waals surface area contributed by atoms with Crippen molar-refractivity contribution in [3.05, 3.63) is 45.5 Å². The molecule has 0 spiro atoms. The monoisotopic (exact) mass is 279 g/mol. The van der Waals surface area contributed by atoms with Crippen LogP contribution in [0.5, 0.6) is 0 Å². The van der Waals surface area contributed by atoms with Crippen LogP contribution in [0.2, 0.25) is 0 Å². The second kappa shape index (κ2) is 7.17. The standard InChI is InChI=1S/C13H15NO4.C2H6/c1-13(2)17-8-11(9-18-13)7-10-3-5-12(6-4-10)14(15)16;1-2/h3-7H,8-9H2,1-2H3;1-2H3. The van der Waals surface area contributed by atoms with Crippen LogP contribution in [0, 0.1) is 10.1 Å². The van der Waals surface area contributed by atoms with Crippen molar-refractivity contribution in [2.75, 3.05) is 13.2 Å². The van der Waals surface area contributed by atoms with Gasteiger partial charge in [0.15, 0.2) is 5.79 Å². The summed E-state index contributed by atoms with van der Waals surface area (Å²) in [4.78, 5) is 10.1. The van der Waals surface area contributed by atoms with Gasteiger partial charge in [-0.2, -0.15) is 0 Å². The lowest BCUT2D eigenvalue weighted by Gasteiger charge is -2.31. The van der Waals surface area contributed by atoms with Gasteiger partial charge in [0, 0.05) is 12.1 Å². The van der Waals surface area contributed by atoms with Crippen LogP contribution >= 0.6 is 0 Å². The Balaban J connectivity index is 0.000000956. The largest absolute Gasteiger partial charge is 0.346 e. The molecule has 0 amide bonds. The fraction of sp³-hybridized carbons (Fsp3) is 0.467. The van der Waals surface area contributed by atoms with Crippen LogP contribution in [0.3, 0.4) is 0 Å². The van der Waals surface area contributed by atoms with Crippen LogP contribution in [-0.2, 0) is 9.47 Å². The second-order valence-corrected chi connectivity index (χ2v) is 4.63. The van der Waals surface area contributed by atoms with E-state index in [4.69, 9.17) is 9.47 Å². The number of benzene rings is 1. The molecule has 1 heterocycles. The van der Waals surface area contributed by atoms with Gasteiger partial charge in [0.2, 0.25) is 0 Å². The van der Waals surface area contributed by atoms with Crippen molar-refractivity contribution in [3.8, 4) is 0 Å². The van der Waals surface area contributed by atoms with E-state index >= 15 is 0 Å². The Hall–Kier alpha value is -1.72. The van der Waals surface area contributed by atoms with Crippen molar-refractivity contribution in [1.29, 1.82) is 0 Å². The normalized spacial score (nSPS) is 16.9. The number of nitro benzene ring substituents is 1. The third-order valence-corrected chi connectivity index (χ3v) is 2.69. The summed E-state index contributed by atoms with van der Waals surface area (Å²) in [6.45, 7) is 8.78. The van der Waals surface area contributed by atoms with Gasteiger partial charge in [0.25, 0.3) is 5.69 Å². The van der Waals surface area contributed by atoms with E-state index in [1.807, 2.05) is 33.8 Å². The fourth-order valence-corrected chi connectivity index (χ4v) is 1.63. The summed E-state index contributed by atoms with van der Waals surface area (Å²) >= 11 is 0. The van der Waals surface area contributed by atoms with Crippen molar-refractivity contribution >= 4 is 11.8 Å². The first kappa shape index (κ1) is 16.3. The van der Waals surface area contributed by atoms with Crippen molar-refractivity contribution in [1.82, 2.24) is 0 Å². The first-order valence-electron chi connectivity index (χ1n) is 6.68. The molecule has 1 aromatic rings. The second-order valence-electron chi connectivity index (χ2n) is 4.63. The predicted octanol–water partition coefficient (Wildman–Crippen LogP) is 3.79. The lowest BCUT2D eigenvalue weighted by molar-refractivity contribution is -0.384. The number of hydrogen-bond acceptors (Lipinski definition) is 4. The highest BCUT2D eigenvalue weighted by molar-refractivity contribution is 5.55. The van der Waals surface area contributed by atoms with E-state index in [0.717, 1.165) is 11.1 Å². The fourth-order valence-electron chi connectivity index (χ4n) is 1.63. The molecule has 0 aliphatic carbocycles. The average molecular weight is 279 g/mol. The molecule has 0 saturated carbocycles. The zero-order valence-electron chi connectivity index (χ0n) is 12.4. The molecule has 1 saturated heterocycles. The molecular weight excluding hydrogens is 258 g/mol. The van der Waals surface area contributed by atoms with Gasteiger partial charge in [-0.1, -0.05) is 19.9 Å². The topological polar surface area (TPSA) is 61.6 Å². The van der Waals surface area contributed by atoms with E-state index in [1.54, 1.807) is 12.1 Å². The first-order chi connectivity index (χ1) is 9.46. The minimum absolute atomic E-state index is 0.0921.